The number of non-ortho nitro benzene ring substituents is 1. The minimum atomic E-state index is -4.67. The molecule has 2 heterocycles. The number of benzene rings is 2. The van der Waals surface area contributed by atoms with Gasteiger partial charge in [-0.05, 0) is 17.7 Å². The molecule has 1 aromatic heterocycles. The Labute approximate surface area is 209 Å². The fourth-order valence-electron chi connectivity index (χ4n) is 3.72. The van der Waals surface area contributed by atoms with Gasteiger partial charge in [-0.1, -0.05) is 39.7 Å². The van der Waals surface area contributed by atoms with E-state index in [0.29, 0.717) is 10.2 Å². The number of nitro groups is 1. The van der Waals surface area contributed by atoms with Crippen molar-refractivity contribution in [3.05, 3.63) is 73.3 Å². The van der Waals surface area contributed by atoms with Gasteiger partial charge in [-0.2, -0.15) is 18.3 Å². The molecule has 0 saturated carbocycles. The normalized spacial score (nSPS) is 17.3. The molecule has 2 N–H and O–H groups in total. The smallest absolute Gasteiger partial charge is 0.410 e. The van der Waals surface area contributed by atoms with Crippen molar-refractivity contribution in [2.24, 2.45) is 0 Å². The molecule has 0 radical (unpaired) electrons. The van der Waals surface area contributed by atoms with Gasteiger partial charge in [0.2, 0.25) is 0 Å². The number of carbonyl (C=O) groups excluding carboxylic acids is 1. The Bertz CT molecular complexity index is 1300. The molecule has 2 aromatic carbocycles. The lowest BCUT2D eigenvalue weighted by Crippen LogP contribution is -2.35. The Balaban J connectivity index is 1.69. The molecule has 0 fully saturated rings. The predicted molar refractivity (Wildman–Crippen MR) is 125 cm³/mol. The van der Waals surface area contributed by atoms with Gasteiger partial charge in [-0.3, -0.25) is 14.9 Å². The van der Waals surface area contributed by atoms with Crippen LogP contribution in [0.5, 0.6) is 5.75 Å². The second kappa shape index (κ2) is 9.38. The number of methoxy groups -OCH3 is 1. The summed E-state index contributed by atoms with van der Waals surface area (Å²) in [6, 6.07) is 7.53. The highest BCUT2D eigenvalue weighted by Crippen LogP contribution is 2.46. The standard InChI is InChI=1S/C21H16BrClF3N5O4/c1-35-14-7-12(6-13(8-14)31(33)34)27-20(32)18-17(23)19-28-15(10-2-4-11(22)5-3-10)9-16(21(24,25)26)30(19)29-18/h2-8,15-16,28H,9H2,1H3,(H,27,32)/t15-,16+/m0/s1. The molecule has 184 valence electrons. The second-order valence-electron chi connectivity index (χ2n) is 7.63. The van der Waals surface area contributed by atoms with Crippen molar-refractivity contribution >= 4 is 50.6 Å². The summed E-state index contributed by atoms with van der Waals surface area (Å²) in [5.41, 5.74) is -0.242. The third-order valence-corrected chi connectivity index (χ3v) is 6.27. The van der Waals surface area contributed by atoms with Crippen LogP contribution in [0.25, 0.3) is 0 Å². The van der Waals surface area contributed by atoms with Crippen LogP contribution in [0.2, 0.25) is 5.02 Å². The summed E-state index contributed by atoms with van der Waals surface area (Å²) in [5, 5.41) is 20.0. The molecular weight excluding hydrogens is 559 g/mol. The van der Waals surface area contributed by atoms with E-state index >= 15 is 0 Å². The van der Waals surface area contributed by atoms with E-state index in [9.17, 15) is 28.1 Å². The fraction of sp³-hybridized carbons (Fsp3) is 0.238. The number of anilines is 2. The maximum atomic E-state index is 13.9. The molecule has 4 rings (SSSR count). The molecular formula is C21H16BrClF3N5O4. The highest BCUT2D eigenvalue weighted by molar-refractivity contribution is 9.10. The topological polar surface area (TPSA) is 111 Å². The number of nitro benzene ring substituents is 1. The maximum absolute atomic E-state index is 13.9. The zero-order chi connectivity index (χ0) is 25.5. The Hall–Kier alpha value is -3.32. The third-order valence-electron chi connectivity index (χ3n) is 5.38. The van der Waals surface area contributed by atoms with Crippen LogP contribution >= 0.6 is 27.5 Å². The number of alkyl halides is 3. The molecule has 1 amide bonds. The number of halogens is 5. The predicted octanol–water partition coefficient (Wildman–Crippen LogP) is 6.13. The first-order valence-electron chi connectivity index (χ1n) is 9.99. The van der Waals surface area contributed by atoms with Crippen LogP contribution in [-0.2, 0) is 0 Å². The van der Waals surface area contributed by atoms with E-state index in [1.165, 1.54) is 13.2 Å². The maximum Gasteiger partial charge on any atom is 0.410 e. The minimum Gasteiger partial charge on any atom is -0.496 e. The van der Waals surface area contributed by atoms with E-state index in [-0.39, 0.29) is 34.4 Å². The van der Waals surface area contributed by atoms with Crippen molar-refractivity contribution in [3.63, 3.8) is 0 Å². The molecule has 0 aliphatic carbocycles. The highest BCUT2D eigenvalue weighted by atomic mass is 79.9. The first-order chi connectivity index (χ1) is 16.5. The number of rotatable bonds is 5. The first-order valence-corrected chi connectivity index (χ1v) is 11.2. The molecule has 2 atom stereocenters. The van der Waals surface area contributed by atoms with Crippen molar-refractivity contribution in [2.75, 3.05) is 17.7 Å². The lowest BCUT2D eigenvalue weighted by molar-refractivity contribution is -0.384. The van der Waals surface area contributed by atoms with Gasteiger partial charge in [0.1, 0.15) is 16.6 Å². The highest BCUT2D eigenvalue weighted by Gasteiger charge is 2.47. The quantitative estimate of drug-likeness (QED) is 0.280. The van der Waals surface area contributed by atoms with E-state index in [1.54, 1.807) is 24.3 Å². The van der Waals surface area contributed by atoms with Crippen LogP contribution in [0.15, 0.2) is 46.9 Å². The summed E-state index contributed by atoms with van der Waals surface area (Å²) in [4.78, 5) is 23.3. The Kier molecular flexibility index (Phi) is 6.64. The van der Waals surface area contributed by atoms with Crippen LogP contribution in [-0.4, -0.2) is 33.9 Å². The minimum absolute atomic E-state index is 0.0174. The monoisotopic (exact) mass is 573 g/mol. The van der Waals surface area contributed by atoms with Crippen molar-refractivity contribution < 1.29 is 27.6 Å². The number of nitrogens with zero attached hydrogens (tertiary/aromatic N) is 3. The van der Waals surface area contributed by atoms with Crippen LogP contribution in [0.4, 0.5) is 30.4 Å². The number of amides is 1. The Morgan fingerprint density at radius 1 is 1.31 bits per heavy atom. The molecule has 1 aliphatic rings. The SMILES string of the molecule is COc1cc(NC(=O)c2nn3c(c2Cl)N[C@H](c2ccc(Br)cc2)C[C@@H]3C(F)(F)F)cc([N+](=O)[O-])c1. The average molecular weight is 575 g/mol. The molecule has 35 heavy (non-hydrogen) atoms. The summed E-state index contributed by atoms with van der Waals surface area (Å²) in [5.74, 6) is -1.00. The van der Waals surface area contributed by atoms with E-state index in [2.05, 4.69) is 31.7 Å². The van der Waals surface area contributed by atoms with Crippen LogP contribution in [0.3, 0.4) is 0 Å². The van der Waals surface area contributed by atoms with Crippen LogP contribution < -0.4 is 15.4 Å². The summed E-state index contributed by atoms with van der Waals surface area (Å²) in [6.45, 7) is 0. The molecule has 9 nitrogen and oxygen atoms in total. The van der Waals surface area contributed by atoms with Gasteiger partial charge in [-0.25, -0.2) is 4.68 Å². The molecule has 14 heteroatoms. The second-order valence-corrected chi connectivity index (χ2v) is 8.92. The van der Waals surface area contributed by atoms with E-state index in [0.717, 1.165) is 16.6 Å². The summed E-state index contributed by atoms with van der Waals surface area (Å²) in [7, 11) is 1.29. The summed E-state index contributed by atoms with van der Waals surface area (Å²) >= 11 is 9.62. The van der Waals surface area contributed by atoms with Gasteiger partial charge in [0.25, 0.3) is 11.6 Å². The van der Waals surface area contributed by atoms with E-state index < -0.39 is 34.8 Å². The average Bonchev–Trinajstić information content (AvgIpc) is 3.14. The third kappa shape index (κ3) is 5.05. The van der Waals surface area contributed by atoms with Gasteiger partial charge in [0, 0.05) is 23.0 Å². The number of fused-ring (bicyclic) bond motifs is 1. The zero-order valence-electron chi connectivity index (χ0n) is 17.8. The van der Waals surface area contributed by atoms with Crippen molar-refractivity contribution in [3.8, 4) is 5.75 Å². The number of aromatic nitrogens is 2. The lowest BCUT2D eigenvalue weighted by atomic mass is 9.97. The van der Waals surface area contributed by atoms with Crippen molar-refractivity contribution in [1.29, 1.82) is 0 Å². The lowest BCUT2D eigenvalue weighted by Gasteiger charge is -2.33. The Morgan fingerprint density at radius 2 is 2.00 bits per heavy atom. The largest absolute Gasteiger partial charge is 0.496 e. The molecule has 3 aromatic rings. The number of ether oxygens (including phenoxy) is 1. The van der Waals surface area contributed by atoms with Crippen LogP contribution in [0, 0.1) is 10.1 Å². The van der Waals surface area contributed by atoms with Gasteiger partial charge in [-0.15, -0.1) is 0 Å². The van der Waals surface area contributed by atoms with E-state index in [1.807, 2.05) is 0 Å². The number of hydrogen-bond acceptors (Lipinski definition) is 6. The van der Waals surface area contributed by atoms with Gasteiger partial charge in [0.15, 0.2) is 11.7 Å². The van der Waals surface area contributed by atoms with Crippen LogP contribution in [0.1, 0.15) is 34.6 Å². The first kappa shape index (κ1) is 24.8. The van der Waals surface area contributed by atoms with E-state index in [4.69, 9.17) is 16.3 Å². The number of hydrogen-bond donors (Lipinski definition) is 2. The van der Waals surface area contributed by atoms with Gasteiger partial charge < -0.3 is 15.4 Å². The summed E-state index contributed by atoms with van der Waals surface area (Å²) < 4.78 is 48.3. The zero-order valence-corrected chi connectivity index (χ0v) is 20.1. The number of nitrogens with one attached hydrogen (secondary N) is 2. The molecule has 1 aliphatic heterocycles. The van der Waals surface area contributed by atoms with Gasteiger partial charge in [0.05, 0.1) is 29.8 Å². The molecule has 0 saturated heterocycles. The molecule has 0 unspecified atom stereocenters. The molecule has 0 bridgehead atoms. The van der Waals surface area contributed by atoms with Crippen molar-refractivity contribution in [2.45, 2.75) is 24.7 Å². The molecule has 0 spiro atoms. The van der Waals surface area contributed by atoms with Gasteiger partial charge >= 0.3 is 6.18 Å². The fourth-order valence-corrected chi connectivity index (χ4v) is 4.25. The number of carbonyl (C=O) groups is 1. The Morgan fingerprint density at radius 3 is 2.60 bits per heavy atom. The summed E-state index contributed by atoms with van der Waals surface area (Å²) in [6.07, 6.45) is -5.04. The van der Waals surface area contributed by atoms with Crippen molar-refractivity contribution in [1.82, 2.24) is 9.78 Å².